The summed E-state index contributed by atoms with van der Waals surface area (Å²) in [6.45, 7) is 10.0. The normalized spacial score (nSPS) is 10.7. The highest BCUT2D eigenvalue weighted by Gasteiger charge is 2.21. The lowest BCUT2D eigenvalue weighted by molar-refractivity contribution is -0.241. The summed E-state index contributed by atoms with van der Waals surface area (Å²) >= 11 is 0. The van der Waals surface area contributed by atoms with Crippen molar-refractivity contribution in [1.82, 2.24) is 0 Å². The minimum absolute atomic E-state index is 0.0525. The van der Waals surface area contributed by atoms with Gasteiger partial charge in [-0.3, -0.25) is 4.89 Å². The molecule has 4 aromatic rings. The van der Waals surface area contributed by atoms with E-state index in [2.05, 4.69) is 20.4 Å². The Labute approximate surface area is 343 Å². The Morgan fingerprint density at radius 1 is 0.483 bits per heavy atom. The summed E-state index contributed by atoms with van der Waals surface area (Å²) < 4.78 is 28.4. The Kier molecular flexibility index (Phi) is 20.5. The van der Waals surface area contributed by atoms with Crippen molar-refractivity contribution >= 4 is 24.0 Å². The zero-order chi connectivity index (χ0) is 41.2. The first-order chi connectivity index (χ1) is 28.4. The number of hydrogen-bond acceptors (Lipinski definition) is 10. The number of benzene rings is 4. The first kappa shape index (κ1) is 45.1. The zero-order valence-corrected chi connectivity index (χ0v) is 34.0. The summed E-state index contributed by atoms with van der Waals surface area (Å²) in [7, 11) is 0. The minimum atomic E-state index is -0.898. The van der Waals surface area contributed by atoms with Crippen molar-refractivity contribution < 1.29 is 47.8 Å². The number of hydrogen-bond donors (Lipinski definition) is 0. The van der Waals surface area contributed by atoms with Gasteiger partial charge in [-0.2, -0.15) is 4.89 Å². The molecule has 0 aliphatic heterocycles. The van der Waals surface area contributed by atoms with Crippen molar-refractivity contribution in [3.05, 3.63) is 120 Å². The van der Waals surface area contributed by atoms with Gasteiger partial charge in [-0.05, 0) is 110 Å². The number of ether oxygens (including phenoxy) is 5. The monoisotopic (exact) mass is 794 g/mol. The predicted molar refractivity (Wildman–Crippen MR) is 225 cm³/mol. The fourth-order valence-electron chi connectivity index (χ4n) is 5.72. The molecule has 0 heterocycles. The molecule has 10 heteroatoms. The van der Waals surface area contributed by atoms with E-state index < -0.39 is 17.9 Å². The molecule has 4 rings (SSSR count). The third kappa shape index (κ3) is 16.5. The van der Waals surface area contributed by atoms with E-state index in [1.165, 1.54) is 31.0 Å². The topological polar surface area (TPSA) is 116 Å². The Morgan fingerprint density at radius 2 is 0.914 bits per heavy atom. The fourth-order valence-corrected chi connectivity index (χ4v) is 5.72. The second-order valence-corrected chi connectivity index (χ2v) is 13.9. The number of rotatable bonds is 28. The second-order valence-electron chi connectivity index (χ2n) is 13.9. The van der Waals surface area contributed by atoms with Crippen LogP contribution >= 0.6 is 0 Å². The highest BCUT2D eigenvalue weighted by Crippen LogP contribution is 2.28. The molecule has 0 saturated carbocycles. The van der Waals surface area contributed by atoms with E-state index in [0.29, 0.717) is 36.7 Å². The van der Waals surface area contributed by atoms with Gasteiger partial charge in [-0.25, -0.2) is 14.4 Å². The van der Waals surface area contributed by atoms with Gasteiger partial charge < -0.3 is 23.7 Å². The SMILES string of the molecule is C=Cc1ccc(OCCCCCCCCCCCOOC(=O)c2cc(OC(=O)c3ccc(OCCCC)cc3)ccc2OC(=O)c2ccc(OCCCC)cc2)cc1. The highest BCUT2D eigenvalue weighted by molar-refractivity contribution is 5.97. The zero-order valence-electron chi connectivity index (χ0n) is 34.0. The molecule has 0 spiro atoms. The van der Waals surface area contributed by atoms with E-state index in [9.17, 15) is 14.4 Å². The van der Waals surface area contributed by atoms with Crippen LogP contribution in [-0.2, 0) is 9.78 Å². The number of carbonyl (C=O) groups excluding carboxylic acids is 3. The molecule has 0 aliphatic carbocycles. The van der Waals surface area contributed by atoms with Crippen molar-refractivity contribution in [2.24, 2.45) is 0 Å². The summed E-state index contributed by atoms with van der Waals surface area (Å²) in [6.07, 6.45) is 15.2. The molecule has 0 aromatic heterocycles. The lowest BCUT2D eigenvalue weighted by Gasteiger charge is -2.12. The smallest absolute Gasteiger partial charge is 0.376 e. The van der Waals surface area contributed by atoms with Gasteiger partial charge in [-0.1, -0.05) is 96.4 Å². The van der Waals surface area contributed by atoms with Crippen molar-refractivity contribution in [3.8, 4) is 28.7 Å². The van der Waals surface area contributed by atoms with Gasteiger partial charge in [0.25, 0.3) is 0 Å². The largest absolute Gasteiger partial charge is 0.494 e. The van der Waals surface area contributed by atoms with Gasteiger partial charge >= 0.3 is 17.9 Å². The number of esters is 2. The fraction of sp³-hybridized carbons (Fsp3) is 0.396. The van der Waals surface area contributed by atoms with Gasteiger partial charge in [0.1, 0.15) is 34.3 Å². The van der Waals surface area contributed by atoms with Crippen LogP contribution < -0.4 is 23.7 Å². The Morgan fingerprint density at radius 3 is 1.41 bits per heavy atom. The molecule has 4 aromatic carbocycles. The van der Waals surface area contributed by atoms with Gasteiger partial charge in [0, 0.05) is 0 Å². The molecule has 0 atom stereocenters. The molecular weight excluding hydrogens is 737 g/mol. The summed E-state index contributed by atoms with van der Waals surface area (Å²) in [5.41, 5.74) is 1.48. The van der Waals surface area contributed by atoms with Crippen molar-refractivity contribution in [2.45, 2.75) is 97.3 Å². The first-order valence-electron chi connectivity index (χ1n) is 20.6. The van der Waals surface area contributed by atoms with E-state index in [1.54, 1.807) is 48.5 Å². The van der Waals surface area contributed by atoms with Crippen LogP contribution in [0.3, 0.4) is 0 Å². The number of unbranched alkanes of at least 4 members (excludes halogenated alkanes) is 10. The minimum Gasteiger partial charge on any atom is -0.494 e. The molecule has 0 aliphatic rings. The molecule has 0 fully saturated rings. The molecule has 310 valence electrons. The number of carbonyl (C=O) groups is 3. The quantitative estimate of drug-likeness (QED) is 0.0181. The molecular formula is C48H58O10. The van der Waals surface area contributed by atoms with Crippen LogP contribution in [0.1, 0.15) is 134 Å². The summed E-state index contributed by atoms with van der Waals surface area (Å²) in [5.74, 6) is -0.0889. The maximum absolute atomic E-state index is 13.3. The average molecular weight is 795 g/mol. The van der Waals surface area contributed by atoms with E-state index in [1.807, 2.05) is 30.3 Å². The first-order valence-corrected chi connectivity index (χ1v) is 20.6. The molecule has 0 saturated heterocycles. The lowest BCUT2D eigenvalue weighted by Crippen LogP contribution is -2.15. The highest BCUT2D eigenvalue weighted by atomic mass is 17.2. The van der Waals surface area contributed by atoms with E-state index in [4.69, 9.17) is 33.5 Å². The summed E-state index contributed by atoms with van der Waals surface area (Å²) in [5, 5.41) is 0. The van der Waals surface area contributed by atoms with Crippen LogP contribution in [0, 0.1) is 0 Å². The van der Waals surface area contributed by atoms with E-state index in [0.717, 1.165) is 82.1 Å². The molecule has 0 N–H and O–H groups in total. The van der Waals surface area contributed by atoms with Crippen molar-refractivity contribution in [1.29, 1.82) is 0 Å². The molecule has 0 unspecified atom stereocenters. The third-order valence-corrected chi connectivity index (χ3v) is 9.19. The predicted octanol–water partition coefficient (Wildman–Crippen LogP) is 11.8. The second kappa shape index (κ2) is 26.3. The standard InChI is InChI=1S/C48H58O10/c1-4-7-32-52-41-26-20-38(21-27-41)46(49)56-43-30-31-45(57-47(50)39-22-28-42(29-23-39)53-33-8-5-2)44(36-43)48(51)58-55-35-17-15-13-11-9-10-12-14-16-34-54-40-24-18-37(6-3)19-25-40/h6,18-31,36H,3-5,7-17,32-35H2,1-2H3. The van der Waals surface area contributed by atoms with Crippen LogP contribution in [0.4, 0.5) is 0 Å². The third-order valence-electron chi connectivity index (χ3n) is 9.19. The van der Waals surface area contributed by atoms with Crippen LogP contribution in [0.15, 0.2) is 97.6 Å². The van der Waals surface area contributed by atoms with E-state index >= 15 is 0 Å². The Bertz CT molecular complexity index is 1820. The van der Waals surface area contributed by atoms with E-state index in [-0.39, 0.29) is 29.2 Å². The molecule has 10 nitrogen and oxygen atoms in total. The molecule has 58 heavy (non-hydrogen) atoms. The molecule has 0 amide bonds. The maximum atomic E-state index is 13.3. The average Bonchev–Trinajstić information content (AvgIpc) is 3.25. The van der Waals surface area contributed by atoms with Gasteiger partial charge in [0.05, 0.1) is 37.6 Å². The summed E-state index contributed by atoms with van der Waals surface area (Å²) in [6, 6.07) is 25.2. The lowest BCUT2D eigenvalue weighted by atomic mass is 10.1. The van der Waals surface area contributed by atoms with Gasteiger partial charge in [0.15, 0.2) is 0 Å². The van der Waals surface area contributed by atoms with Crippen molar-refractivity contribution in [3.63, 3.8) is 0 Å². The van der Waals surface area contributed by atoms with Crippen molar-refractivity contribution in [2.75, 3.05) is 26.4 Å². The maximum Gasteiger partial charge on any atom is 0.376 e. The molecule has 0 radical (unpaired) electrons. The van der Waals surface area contributed by atoms with Crippen LogP contribution in [-0.4, -0.2) is 44.3 Å². The van der Waals surface area contributed by atoms with Crippen LogP contribution in [0.25, 0.3) is 6.08 Å². The van der Waals surface area contributed by atoms with Gasteiger partial charge in [-0.15, -0.1) is 0 Å². The Balaban J connectivity index is 1.22. The summed E-state index contributed by atoms with van der Waals surface area (Å²) in [4.78, 5) is 49.8. The Hall–Kier alpha value is -5.61. The van der Waals surface area contributed by atoms with Crippen LogP contribution in [0.5, 0.6) is 28.7 Å². The molecule has 0 bridgehead atoms. The van der Waals surface area contributed by atoms with Gasteiger partial charge in [0.2, 0.25) is 0 Å². The van der Waals surface area contributed by atoms with Crippen LogP contribution in [0.2, 0.25) is 0 Å².